The van der Waals surface area contributed by atoms with Crippen molar-refractivity contribution in [3.05, 3.63) is 43.0 Å². The lowest BCUT2D eigenvalue weighted by molar-refractivity contribution is -0.594. The van der Waals surface area contributed by atoms with Gasteiger partial charge in [-0.25, -0.2) is 9.55 Å². The first-order valence-electron chi connectivity index (χ1n) is 4.61. The first-order chi connectivity index (χ1) is 7.40. The fourth-order valence-corrected chi connectivity index (χ4v) is 1.29. The second kappa shape index (κ2) is 4.34. The minimum atomic E-state index is 0.302. The Labute approximate surface area is 88.3 Å². The van der Waals surface area contributed by atoms with E-state index in [2.05, 4.69) is 10.9 Å². The molecule has 1 aromatic carbocycles. The maximum absolute atomic E-state index is 5.27. The van der Waals surface area contributed by atoms with Crippen LogP contribution < -0.4 is 9.30 Å². The highest BCUT2D eigenvalue weighted by Crippen LogP contribution is 2.11. The average Bonchev–Trinajstić information content (AvgIpc) is 2.80. The maximum atomic E-state index is 5.27. The number of nitrogens with zero attached hydrogens (tertiary/aromatic N) is 1. The number of terminal acetylenes is 1. The van der Waals surface area contributed by atoms with Gasteiger partial charge < -0.3 is 4.74 Å². The largest absolute Gasteiger partial charge is 0.481 e. The maximum Gasteiger partial charge on any atom is 0.246 e. The van der Waals surface area contributed by atoms with E-state index >= 15 is 0 Å². The molecule has 0 aliphatic carbocycles. The normalized spacial score (nSPS) is 9.53. The van der Waals surface area contributed by atoms with Crippen LogP contribution in [-0.2, 0) is 0 Å². The van der Waals surface area contributed by atoms with Gasteiger partial charge >= 0.3 is 0 Å². The highest BCUT2D eigenvalue weighted by molar-refractivity contribution is 5.31. The van der Waals surface area contributed by atoms with Crippen LogP contribution in [0.1, 0.15) is 0 Å². The second-order valence-electron chi connectivity index (χ2n) is 3.01. The molecule has 0 spiro atoms. The van der Waals surface area contributed by atoms with E-state index in [-0.39, 0.29) is 0 Å². The number of ether oxygens (including phenoxy) is 1. The molecule has 2 rings (SSSR count). The highest BCUT2D eigenvalue weighted by Gasteiger charge is 2.01. The van der Waals surface area contributed by atoms with Crippen molar-refractivity contribution in [3.63, 3.8) is 0 Å². The first kappa shape index (κ1) is 9.35. The van der Waals surface area contributed by atoms with Gasteiger partial charge in [-0.05, 0) is 24.3 Å². The molecule has 3 heteroatoms. The topological polar surface area (TPSA) is 28.9 Å². The quantitative estimate of drug-likeness (QED) is 0.586. The highest BCUT2D eigenvalue weighted by atomic mass is 16.5. The van der Waals surface area contributed by atoms with E-state index in [0.717, 1.165) is 11.4 Å². The molecule has 1 heterocycles. The Morgan fingerprint density at radius 2 is 2.13 bits per heavy atom. The SMILES string of the molecule is C#CCOc1ccc(-[n+]2cc[nH]c2)cc1. The zero-order valence-corrected chi connectivity index (χ0v) is 8.18. The number of hydrogen-bond acceptors (Lipinski definition) is 1. The van der Waals surface area contributed by atoms with Crippen LogP contribution >= 0.6 is 0 Å². The molecule has 0 aliphatic rings. The van der Waals surface area contributed by atoms with Crippen molar-refractivity contribution < 1.29 is 9.30 Å². The predicted octanol–water partition coefficient (Wildman–Crippen LogP) is 1.30. The second-order valence-corrected chi connectivity index (χ2v) is 3.01. The van der Waals surface area contributed by atoms with Crippen molar-refractivity contribution in [2.45, 2.75) is 0 Å². The number of benzene rings is 1. The van der Waals surface area contributed by atoms with Crippen LogP contribution in [0, 0.1) is 12.3 Å². The van der Waals surface area contributed by atoms with Gasteiger partial charge in [-0.1, -0.05) is 5.92 Å². The van der Waals surface area contributed by atoms with Gasteiger partial charge in [0.05, 0.1) is 0 Å². The number of hydrogen-bond donors (Lipinski definition) is 1. The zero-order valence-electron chi connectivity index (χ0n) is 8.18. The van der Waals surface area contributed by atoms with Gasteiger partial charge in [-0.3, -0.25) is 0 Å². The minimum Gasteiger partial charge on any atom is -0.481 e. The molecule has 0 bridgehead atoms. The Morgan fingerprint density at radius 1 is 1.33 bits per heavy atom. The van der Waals surface area contributed by atoms with Crippen LogP contribution in [0.15, 0.2) is 43.0 Å². The Kier molecular flexibility index (Phi) is 2.70. The summed E-state index contributed by atoms with van der Waals surface area (Å²) in [6.07, 6.45) is 10.8. The Balaban J connectivity index is 2.15. The molecule has 0 radical (unpaired) electrons. The summed E-state index contributed by atoms with van der Waals surface area (Å²) in [6.45, 7) is 0.302. The van der Waals surface area contributed by atoms with E-state index in [9.17, 15) is 0 Å². The van der Waals surface area contributed by atoms with Gasteiger partial charge in [0.1, 0.15) is 30.4 Å². The summed E-state index contributed by atoms with van der Waals surface area (Å²) in [5.41, 5.74) is 1.07. The van der Waals surface area contributed by atoms with Crippen LogP contribution in [0.5, 0.6) is 5.75 Å². The number of aromatic nitrogens is 2. The van der Waals surface area contributed by atoms with E-state index in [1.165, 1.54) is 0 Å². The zero-order chi connectivity index (χ0) is 10.5. The molecule has 2 aromatic rings. The molecule has 1 N–H and O–H groups in total. The standard InChI is InChI=1S/C12H10N2O/c1-2-9-15-12-5-3-11(4-6-12)14-8-7-13-10-14/h1,3-8,10H,9H2/p+1. The number of rotatable bonds is 3. The molecule has 0 fully saturated rings. The molecule has 3 nitrogen and oxygen atoms in total. The number of imidazole rings is 1. The monoisotopic (exact) mass is 199 g/mol. The van der Waals surface area contributed by atoms with E-state index in [4.69, 9.17) is 11.2 Å². The summed E-state index contributed by atoms with van der Waals surface area (Å²) in [7, 11) is 0. The third kappa shape index (κ3) is 2.18. The van der Waals surface area contributed by atoms with Crippen molar-refractivity contribution in [2.75, 3.05) is 6.61 Å². The van der Waals surface area contributed by atoms with Crippen LogP contribution in [-0.4, -0.2) is 11.6 Å². The molecular formula is C12H11N2O+. The van der Waals surface area contributed by atoms with Crippen molar-refractivity contribution in [1.82, 2.24) is 4.98 Å². The molecule has 15 heavy (non-hydrogen) atoms. The molecular weight excluding hydrogens is 188 g/mol. The van der Waals surface area contributed by atoms with Crippen LogP contribution in [0.2, 0.25) is 0 Å². The van der Waals surface area contributed by atoms with E-state index in [1.807, 2.05) is 47.6 Å². The van der Waals surface area contributed by atoms with Gasteiger partial charge in [0.25, 0.3) is 0 Å². The summed E-state index contributed by atoms with van der Waals surface area (Å²) in [5.74, 6) is 3.21. The van der Waals surface area contributed by atoms with E-state index in [0.29, 0.717) is 6.61 Å². The molecule has 0 amide bonds. The lowest BCUT2D eigenvalue weighted by Crippen LogP contribution is -2.26. The minimum absolute atomic E-state index is 0.302. The third-order valence-corrected chi connectivity index (χ3v) is 2.00. The summed E-state index contributed by atoms with van der Waals surface area (Å²) in [6, 6.07) is 7.73. The molecule has 0 atom stereocenters. The van der Waals surface area contributed by atoms with Gasteiger partial charge in [0.15, 0.2) is 0 Å². The average molecular weight is 199 g/mol. The summed E-state index contributed by atoms with van der Waals surface area (Å²) in [4.78, 5) is 2.98. The Morgan fingerprint density at radius 3 is 2.73 bits per heavy atom. The van der Waals surface area contributed by atoms with Crippen molar-refractivity contribution in [2.24, 2.45) is 0 Å². The molecule has 0 unspecified atom stereocenters. The Bertz CT molecular complexity index is 451. The molecule has 0 saturated carbocycles. The molecule has 0 saturated heterocycles. The van der Waals surface area contributed by atoms with Gasteiger partial charge in [-0.15, -0.1) is 6.42 Å². The summed E-state index contributed by atoms with van der Waals surface area (Å²) >= 11 is 0. The van der Waals surface area contributed by atoms with Crippen molar-refractivity contribution in [1.29, 1.82) is 0 Å². The van der Waals surface area contributed by atoms with Crippen LogP contribution in [0.4, 0.5) is 0 Å². The smallest absolute Gasteiger partial charge is 0.246 e. The summed E-state index contributed by atoms with van der Waals surface area (Å²) < 4.78 is 7.25. The summed E-state index contributed by atoms with van der Waals surface area (Å²) in [5, 5.41) is 0. The first-order valence-corrected chi connectivity index (χ1v) is 4.61. The van der Waals surface area contributed by atoms with Crippen molar-refractivity contribution >= 4 is 0 Å². The number of aromatic amines is 1. The lowest BCUT2D eigenvalue weighted by atomic mass is 10.3. The number of H-pyrrole nitrogens is 1. The molecule has 1 aromatic heterocycles. The van der Waals surface area contributed by atoms with E-state index < -0.39 is 0 Å². The lowest BCUT2D eigenvalue weighted by Gasteiger charge is -2.01. The van der Waals surface area contributed by atoms with Gasteiger partial charge in [0, 0.05) is 0 Å². The van der Waals surface area contributed by atoms with Gasteiger partial charge in [-0.2, -0.15) is 0 Å². The molecule has 0 aliphatic heterocycles. The van der Waals surface area contributed by atoms with Crippen LogP contribution in [0.25, 0.3) is 5.69 Å². The van der Waals surface area contributed by atoms with E-state index in [1.54, 1.807) is 0 Å². The number of nitrogens with one attached hydrogen (secondary N) is 1. The fourth-order valence-electron chi connectivity index (χ4n) is 1.29. The predicted molar refractivity (Wildman–Crippen MR) is 56.7 cm³/mol. The van der Waals surface area contributed by atoms with Gasteiger partial charge in [0.2, 0.25) is 6.33 Å². The molecule has 74 valence electrons. The third-order valence-electron chi connectivity index (χ3n) is 2.00. The fraction of sp³-hybridized carbons (Fsp3) is 0.0833. The van der Waals surface area contributed by atoms with Crippen molar-refractivity contribution in [3.8, 4) is 23.8 Å². The van der Waals surface area contributed by atoms with Crippen LogP contribution in [0.3, 0.4) is 0 Å². The Hall–Kier alpha value is -2.21.